The summed E-state index contributed by atoms with van der Waals surface area (Å²) in [7, 11) is -3.05. The molecule has 21 heavy (non-hydrogen) atoms. The Balaban J connectivity index is 1.20. The lowest BCUT2D eigenvalue weighted by Crippen LogP contribution is -2.42. The van der Waals surface area contributed by atoms with Crippen molar-refractivity contribution >= 4 is 16.1 Å². The molecule has 4 aliphatic rings. The van der Waals surface area contributed by atoms with E-state index in [2.05, 4.69) is 10.6 Å². The molecule has 0 spiro atoms. The second-order valence-corrected chi connectivity index (χ2v) is 9.07. The molecule has 2 bridgehead atoms. The van der Waals surface area contributed by atoms with Crippen LogP contribution in [0.2, 0.25) is 0 Å². The van der Waals surface area contributed by atoms with E-state index in [1.807, 2.05) is 0 Å². The first-order valence-electron chi connectivity index (χ1n) is 8.08. The molecule has 4 atom stereocenters. The summed E-state index contributed by atoms with van der Waals surface area (Å²) in [4.78, 5) is 11.9. The molecule has 0 aromatic heterocycles. The van der Waals surface area contributed by atoms with Gasteiger partial charge in [-0.3, -0.25) is 0 Å². The van der Waals surface area contributed by atoms with Crippen LogP contribution in [0.25, 0.3) is 0 Å². The zero-order valence-electron chi connectivity index (χ0n) is 12.1. The molecular weight excluding hydrogens is 290 g/mol. The van der Waals surface area contributed by atoms with E-state index in [4.69, 9.17) is 0 Å². The summed E-state index contributed by atoms with van der Waals surface area (Å²) in [6.07, 6.45) is 4.77. The summed E-state index contributed by atoms with van der Waals surface area (Å²) in [6, 6.07) is 0.247. The molecule has 0 unspecified atom stereocenters. The Bertz CT molecular complexity index is 534. The average molecular weight is 313 g/mol. The zero-order chi connectivity index (χ0) is 14.6. The third-order valence-corrected chi connectivity index (χ3v) is 7.84. The van der Waals surface area contributed by atoms with Crippen molar-refractivity contribution in [2.75, 3.05) is 25.4 Å². The highest BCUT2D eigenvalue weighted by Gasteiger charge is 2.65. The molecule has 0 radical (unpaired) electrons. The van der Waals surface area contributed by atoms with Crippen molar-refractivity contribution in [3.05, 3.63) is 0 Å². The Morgan fingerprint density at radius 2 is 1.90 bits per heavy atom. The van der Waals surface area contributed by atoms with Crippen molar-refractivity contribution in [1.29, 1.82) is 0 Å². The van der Waals surface area contributed by atoms with E-state index in [0.29, 0.717) is 32.1 Å². The van der Waals surface area contributed by atoms with Gasteiger partial charge in [-0.25, -0.2) is 17.5 Å². The average Bonchev–Trinajstić information content (AvgIpc) is 2.80. The van der Waals surface area contributed by atoms with Gasteiger partial charge in [0.2, 0.25) is 10.0 Å². The predicted molar refractivity (Wildman–Crippen MR) is 78.1 cm³/mol. The van der Waals surface area contributed by atoms with Gasteiger partial charge in [0.05, 0.1) is 5.75 Å². The molecule has 3 aliphatic carbocycles. The van der Waals surface area contributed by atoms with Gasteiger partial charge < -0.3 is 10.6 Å². The topological polar surface area (TPSA) is 78.5 Å². The van der Waals surface area contributed by atoms with Crippen LogP contribution >= 0.6 is 0 Å². The fourth-order valence-corrected chi connectivity index (χ4v) is 6.49. The molecule has 4 rings (SSSR count). The third kappa shape index (κ3) is 2.34. The smallest absolute Gasteiger partial charge is 0.315 e. The first-order chi connectivity index (χ1) is 10.1. The van der Waals surface area contributed by atoms with E-state index in [1.165, 1.54) is 23.6 Å². The summed E-state index contributed by atoms with van der Waals surface area (Å²) < 4.78 is 24.7. The Kier molecular flexibility index (Phi) is 3.19. The summed E-state index contributed by atoms with van der Waals surface area (Å²) >= 11 is 0. The van der Waals surface area contributed by atoms with Gasteiger partial charge in [0, 0.05) is 25.7 Å². The molecule has 6 nitrogen and oxygen atoms in total. The van der Waals surface area contributed by atoms with Gasteiger partial charge >= 0.3 is 6.03 Å². The lowest BCUT2D eigenvalue weighted by molar-refractivity contribution is 0.237. The van der Waals surface area contributed by atoms with Gasteiger partial charge in [-0.2, -0.15) is 0 Å². The number of nitrogens with zero attached hydrogens (tertiary/aromatic N) is 1. The van der Waals surface area contributed by atoms with E-state index >= 15 is 0 Å². The van der Waals surface area contributed by atoms with Gasteiger partial charge in [-0.1, -0.05) is 0 Å². The number of carbonyl (C=O) groups excluding carboxylic acids is 1. The Hall–Kier alpha value is -0.820. The Labute approximate surface area is 125 Å². The van der Waals surface area contributed by atoms with Gasteiger partial charge in [0.1, 0.15) is 0 Å². The van der Waals surface area contributed by atoms with Crippen molar-refractivity contribution in [2.24, 2.45) is 23.7 Å². The highest BCUT2D eigenvalue weighted by molar-refractivity contribution is 7.89. The van der Waals surface area contributed by atoms with Crippen LogP contribution in [0.1, 0.15) is 25.7 Å². The molecule has 1 saturated heterocycles. The van der Waals surface area contributed by atoms with E-state index < -0.39 is 10.0 Å². The van der Waals surface area contributed by atoms with Gasteiger partial charge in [-0.15, -0.1) is 0 Å². The van der Waals surface area contributed by atoms with Crippen LogP contribution in [0.5, 0.6) is 0 Å². The van der Waals surface area contributed by atoms with E-state index in [0.717, 1.165) is 23.7 Å². The predicted octanol–water partition coefficient (Wildman–Crippen LogP) is 0.366. The molecule has 1 heterocycles. The highest BCUT2D eigenvalue weighted by atomic mass is 32.2. The van der Waals surface area contributed by atoms with Gasteiger partial charge in [-0.05, 0) is 49.4 Å². The molecular formula is C14H23N3O3S. The van der Waals surface area contributed by atoms with Gasteiger partial charge in [0.15, 0.2) is 0 Å². The number of hydrogen-bond donors (Lipinski definition) is 2. The van der Waals surface area contributed by atoms with Crippen LogP contribution in [-0.4, -0.2) is 50.2 Å². The van der Waals surface area contributed by atoms with E-state index in [-0.39, 0.29) is 11.8 Å². The first kappa shape index (κ1) is 13.8. The largest absolute Gasteiger partial charge is 0.337 e. The maximum absolute atomic E-state index is 11.9. The van der Waals surface area contributed by atoms with Crippen molar-refractivity contribution < 1.29 is 13.2 Å². The minimum Gasteiger partial charge on any atom is -0.337 e. The van der Waals surface area contributed by atoms with E-state index in [9.17, 15) is 13.2 Å². The quantitative estimate of drug-likeness (QED) is 0.787. The van der Waals surface area contributed by atoms with Crippen LogP contribution in [-0.2, 0) is 10.0 Å². The molecule has 0 aromatic carbocycles. The van der Waals surface area contributed by atoms with Crippen molar-refractivity contribution in [1.82, 2.24) is 14.9 Å². The number of hydrogen-bond acceptors (Lipinski definition) is 3. The number of urea groups is 1. The summed E-state index contributed by atoms with van der Waals surface area (Å²) in [5.74, 6) is 3.40. The summed E-state index contributed by atoms with van der Waals surface area (Å²) in [5, 5.41) is 5.89. The minimum atomic E-state index is -3.05. The molecule has 1 aliphatic heterocycles. The maximum atomic E-state index is 11.9. The number of amides is 2. The molecule has 3 saturated carbocycles. The lowest BCUT2D eigenvalue weighted by Gasteiger charge is -2.15. The van der Waals surface area contributed by atoms with Crippen molar-refractivity contribution in [3.8, 4) is 0 Å². The normalized spacial score (nSPS) is 42.8. The Morgan fingerprint density at radius 1 is 1.19 bits per heavy atom. The summed E-state index contributed by atoms with van der Waals surface area (Å²) in [5.41, 5.74) is 0. The standard InChI is InChI=1S/C14H23N3O3S/c18-14(15-4-6-17-5-1-7-21(17,19)20)16-13-11-9-2-3-10(8-9)12(11)13/h9-13H,1-8H2,(H2,15,16,18)/t9-,10-,11+,12+/m0/s1. The monoisotopic (exact) mass is 313 g/mol. The molecule has 7 heteroatoms. The molecule has 2 amide bonds. The maximum Gasteiger partial charge on any atom is 0.315 e. The second kappa shape index (κ2) is 4.84. The SMILES string of the molecule is O=C(NCCN1CCCS1(=O)=O)NC1[C@@H]2[C@H]3CC[C@@H](C3)[C@@H]12. The number of sulfonamides is 1. The number of fused-ring (bicyclic) bond motifs is 5. The lowest BCUT2D eigenvalue weighted by atomic mass is 10.0. The third-order valence-electron chi connectivity index (χ3n) is 5.88. The minimum absolute atomic E-state index is 0.134. The summed E-state index contributed by atoms with van der Waals surface area (Å²) in [6.45, 7) is 1.36. The fourth-order valence-electron chi connectivity index (χ4n) is 4.96. The van der Waals surface area contributed by atoms with Crippen molar-refractivity contribution in [3.63, 3.8) is 0 Å². The van der Waals surface area contributed by atoms with Crippen LogP contribution in [0.3, 0.4) is 0 Å². The van der Waals surface area contributed by atoms with Crippen LogP contribution in [0.4, 0.5) is 4.79 Å². The molecule has 0 aromatic rings. The molecule has 118 valence electrons. The van der Waals surface area contributed by atoms with Crippen LogP contribution < -0.4 is 10.6 Å². The number of carbonyl (C=O) groups is 1. The zero-order valence-corrected chi connectivity index (χ0v) is 12.9. The van der Waals surface area contributed by atoms with Gasteiger partial charge in [0.25, 0.3) is 0 Å². The first-order valence-corrected chi connectivity index (χ1v) is 9.69. The highest BCUT2D eigenvalue weighted by Crippen LogP contribution is 2.65. The van der Waals surface area contributed by atoms with Crippen LogP contribution in [0, 0.1) is 23.7 Å². The Morgan fingerprint density at radius 3 is 2.52 bits per heavy atom. The molecule has 4 fully saturated rings. The van der Waals surface area contributed by atoms with Crippen LogP contribution in [0.15, 0.2) is 0 Å². The van der Waals surface area contributed by atoms with Crippen molar-refractivity contribution in [2.45, 2.75) is 31.7 Å². The second-order valence-electron chi connectivity index (χ2n) is 6.98. The molecule has 2 N–H and O–H groups in total. The number of nitrogens with one attached hydrogen (secondary N) is 2. The fraction of sp³-hybridized carbons (Fsp3) is 0.929. The number of rotatable bonds is 4. The van der Waals surface area contributed by atoms with E-state index in [1.54, 1.807) is 0 Å².